The minimum Gasteiger partial charge on any atom is -0.455 e. The van der Waals surface area contributed by atoms with Gasteiger partial charge in [0.05, 0.1) is 12.0 Å². The summed E-state index contributed by atoms with van der Waals surface area (Å²) < 4.78 is 22.0. The van der Waals surface area contributed by atoms with Crippen molar-refractivity contribution in [2.75, 3.05) is 0 Å². The van der Waals surface area contributed by atoms with E-state index in [1.165, 1.54) is 0 Å². The largest absolute Gasteiger partial charge is 0.455 e. The highest BCUT2D eigenvalue weighted by atomic mass is 16.7. The Kier molecular flexibility index (Phi) is 4.56. The molecule has 2 heterocycles. The summed E-state index contributed by atoms with van der Waals surface area (Å²) in [7, 11) is 0. The maximum atomic E-state index is 12.9. The van der Waals surface area contributed by atoms with Gasteiger partial charge in [0, 0.05) is 24.5 Å². The van der Waals surface area contributed by atoms with E-state index in [-0.39, 0.29) is 23.7 Å². The molecule has 31 heavy (non-hydrogen) atoms. The van der Waals surface area contributed by atoms with E-state index in [1.54, 1.807) is 26.8 Å². The molecule has 0 amide bonds. The maximum absolute atomic E-state index is 12.9. The summed E-state index contributed by atoms with van der Waals surface area (Å²) in [6.07, 6.45) is -2.87. The summed E-state index contributed by atoms with van der Waals surface area (Å²) in [5.74, 6) is -3.36. The minimum absolute atomic E-state index is 0.0578. The van der Waals surface area contributed by atoms with Crippen molar-refractivity contribution in [3.05, 3.63) is 36.0 Å². The van der Waals surface area contributed by atoms with Crippen LogP contribution in [-0.4, -0.2) is 69.3 Å². The molecule has 2 N–H and O–H groups in total. The molecule has 4 rings (SSSR count). The molecule has 0 aromatic rings. The van der Waals surface area contributed by atoms with Gasteiger partial charge in [-0.15, -0.1) is 0 Å². The van der Waals surface area contributed by atoms with Gasteiger partial charge >= 0.3 is 17.9 Å². The van der Waals surface area contributed by atoms with Gasteiger partial charge in [-0.2, -0.15) is 0 Å². The molecule has 168 valence electrons. The molecule has 1 saturated carbocycles. The Morgan fingerprint density at radius 3 is 2.42 bits per heavy atom. The highest BCUT2D eigenvalue weighted by molar-refractivity contribution is 5.92. The third-order valence-corrected chi connectivity index (χ3v) is 7.18. The van der Waals surface area contributed by atoms with Crippen LogP contribution in [0.2, 0.25) is 0 Å². The van der Waals surface area contributed by atoms with E-state index < -0.39 is 58.9 Å². The number of carbonyl (C=O) groups is 3. The molecule has 2 aliphatic carbocycles. The Balaban J connectivity index is 1.87. The average Bonchev–Trinajstić information content (AvgIpc) is 3.12. The third kappa shape index (κ3) is 2.69. The summed E-state index contributed by atoms with van der Waals surface area (Å²) >= 11 is 0. The standard InChI is InChI=1S/C22H26O9/c1-9-7-8-21(26)11(3)15(28-13(5)23)16(29-19(25)20(6)12(4)31-20)14-10(2)18(24)30-17(14)22(9,21)27/h7,12,14-17,26-27H,2-3,8H2,1,4-6H3. The fourth-order valence-electron chi connectivity index (χ4n) is 4.93. The first-order valence-corrected chi connectivity index (χ1v) is 10.1. The Labute approximate surface area is 179 Å². The predicted octanol–water partition coefficient (Wildman–Crippen LogP) is 0.487. The van der Waals surface area contributed by atoms with Gasteiger partial charge in [0.15, 0.2) is 23.4 Å². The van der Waals surface area contributed by atoms with Crippen LogP contribution in [0.4, 0.5) is 0 Å². The van der Waals surface area contributed by atoms with E-state index in [0.29, 0.717) is 5.57 Å². The molecule has 0 bridgehead atoms. The molecule has 0 aromatic heterocycles. The highest BCUT2D eigenvalue weighted by Gasteiger charge is 2.71. The molecule has 9 heteroatoms. The van der Waals surface area contributed by atoms with Crippen molar-refractivity contribution >= 4 is 17.9 Å². The topological polar surface area (TPSA) is 132 Å². The zero-order valence-corrected chi connectivity index (χ0v) is 17.8. The second kappa shape index (κ2) is 6.51. The molecule has 2 saturated heterocycles. The SMILES string of the molecule is C=C1C(=O)OC2C1C(OC(=O)C1(C)OC1C)C(OC(C)=O)C(=C)C1(O)CC=C(C)C21O. The van der Waals surface area contributed by atoms with Crippen molar-refractivity contribution in [1.29, 1.82) is 0 Å². The van der Waals surface area contributed by atoms with Crippen molar-refractivity contribution in [1.82, 2.24) is 0 Å². The molecule has 0 spiro atoms. The van der Waals surface area contributed by atoms with Gasteiger partial charge in [0.25, 0.3) is 0 Å². The fraction of sp³-hybridized carbons (Fsp3) is 0.591. The summed E-state index contributed by atoms with van der Waals surface area (Å²) in [5.41, 5.74) is -5.08. The van der Waals surface area contributed by atoms with Crippen LogP contribution in [0.15, 0.2) is 36.0 Å². The maximum Gasteiger partial charge on any atom is 0.341 e. The van der Waals surface area contributed by atoms with Gasteiger partial charge in [-0.1, -0.05) is 19.2 Å². The van der Waals surface area contributed by atoms with E-state index in [9.17, 15) is 24.6 Å². The normalized spacial score (nSPS) is 45.8. The van der Waals surface area contributed by atoms with Crippen LogP contribution in [0.5, 0.6) is 0 Å². The summed E-state index contributed by atoms with van der Waals surface area (Å²) in [6.45, 7) is 13.7. The first-order valence-electron chi connectivity index (χ1n) is 10.1. The van der Waals surface area contributed by atoms with E-state index in [4.69, 9.17) is 18.9 Å². The Hall–Kier alpha value is -2.49. The van der Waals surface area contributed by atoms with Gasteiger partial charge in [0.2, 0.25) is 0 Å². The van der Waals surface area contributed by atoms with E-state index in [1.807, 2.05) is 0 Å². The molecule has 3 fully saturated rings. The van der Waals surface area contributed by atoms with Crippen molar-refractivity contribution in [2.24, 2.45) is 5.92 Å². The molecule has 4 aliphatic rings. The number of epoxide rings is 1. The molecular formula is C22H26O9. The lowest BCUT2D eigenvalue weighted by molar-refractivity contribution is -0.180. The lowest BCUT2D eigenvalue weighted by atomic mass is 9.72. The molecule has 9 nitrogen and oxygen atoms in total. The Bertz CT molecular complexity index is 951. The Morgan fingerprint density at radius 1 is 1.26 bits per heavy atom. The molecule has 0 radical (unpaired) electrons. The van der Waals surface area contributed by atoms with Gasteiger partial charge in [-0.05, 0) is 26.3 Å². The predicted molar refractivity (Wildman–Crippen MR) is 104 cm³/mol. The van der Waals surface area contributed by atoms with Gasteiger partial charge < -0.3 is 29.2 Å². The van der Waals surface area contributed by atoms with Crippen LogP contribution in [0.1, 0.15) is 34.1 Å². The van der Waals surface area contributed by atoms with Gasteiger partial charge in [-0.25, -0.2) is 9.59 Å². The van der Waals surface area contributed by atoms with E-state index in [2.05, 4.69) is 13.2 Å². The third-order valence-electron chi connectivity index (χ3n) is 7.18. The average molecular weight is 434 g/mol. The number of rotatable bonds is 3. The number of carbonyl (C=O) groups excluding carboxylic acids is 3. The number of hydrogen-bond donors (Lipinski definition) is 2. The van der Waals surface area contributed by atoms with Crippen molar-refractivity contribution in [3.8, 4) is 0 Å². The molecule has 0 aromatic carbocycles. The van der Waals surface area contributed by atoms with Crippen molar-refractivity contribution < 1.29 is 43.5 Å². The minimum atomic E-state index is -2.07. The zero-order valence-electron chi connectivity index (χ0n) is 17.8. The van der Waals surface area contributed by atoms with Crippen LogP contribution in [-0.2, 0) is 33.3 Å². The van der Waals surface area contributed by atoms with Gasteiger partial charge in [-0.3, -0.25) is 4.79 Å². The number of fused-ring (bicyclic) bond motifs is 3. The van der Waals surface area contributed by atoms with Crippen LogP contribution >= 0.6 is 0 Å². The molecular weight excluding hydrogens is 408 g/mol. The Morgan fingerprint density at radius 2 is 1.87 bits per heavy atom. The smallest absolute Gasteiger partial charge is 0.341 e. The second-order valence-corrected chi connectivity index (χ2v) is 8.89. The number of esters is 3. The summed E-state index contributed by atoms with van der Waals surface area (Å²) in [4.78, 5) is 37.3. The van der Waals surface area contributed by atoms with Gasteiger partial charge in [0.1, 0.15) is 11.7 Å². The van der Waals surface area contributed by atoms with Crippen LogP contribution < -0.4 is 0 Å². The molecule has 2 aliphatic heterocycles. The summed E-state index contributed by atoms with van der Waals surface area (Å²) in [6, 6.07) is 0. The van der Waals surface area contributed by atoms with Crippen LogP contribution in [0.3, 0.4) is 0 Å². The zero-order chi connectivity index (χ0) is 23.1. The van der Waals surface area contributed by atoms with Crippen molar-refractivity contribution in [2.45, 2.75) is 75.3 Å². The highest BCUT2D eigenvalue weighted by Crippen LogP contribution is 2.56. The first kappa shape index (κ1) is 21.7. The quantitative estimate of drug-likeness (QED) is 0.214. The number of aliphatic hydroxyl groups is 2. The van der Waals surface area contributed by atoms with E-state index >= 15 is 0 Å². The molecule has 8 unspecified atom stereocenters. The lowest BCUT2D eigenvalue weighted by Gasteiger charge is -2.43. The lowest BCUT2D eigenvalue weighted by Crippen LogP contribution is -2.61. The molecule has 8 atom stereocenters. The second-order valence-electron chi connectivity index (χ2n) is 8.89. The van der Waals surface area contributed by atoms with E-state index in [0.717, 1.165) is 6.92 Å². The number of hydrogen-bond acceptors (Lipinski definition) is 9. The van der Waals surface area contributed by atoms with Crippen LogP contribution in [0, 0.1) is 5.92 Å². The fourth-order valence-corrected chi connectivity index (χ4v) is 4.93. The van der Waals surface area contributed by atoms with Crippen LogP contribution in [0.25, 0.3) is 0 Å². The van der Waals surface area contributed by atoms with Crippen molar-refractivity contribution in [3.63, 3.8) is 0 Å². The first-order chi connectivity index (χ1) is 14.3. The number of ether oxygens (including phenoxy) is 4. The summed E-state index contributed by atoms with van der Waals surface area (Å²) in [5, 5.41) is 23.3. The monoisotopic (exact) mass is 434 g/mol.